The summed E-state index contributed by atoms with van der Waals surface area (Å²) < 4.78 is 5.17. The van der Waals surface area contributed by atoms with Crippen molar-refractivity contribution in [3.8, 4) is 5.75 Å². The Hall–Kier alpha value is -2.35. The maximum atomic E-state index is 11.3. The van der Waals surface area contributed by atoms with E-state index in [-0.39, 0.29) is 17.7 Å². The molecule has 1 aliphatic rings. The van der Waals surface area contributed by atoms with Gasteiger partial charge in [-0.1, -0.05) is 12.1 Å². The van der Waals surface area contributed by atoms with Gasteiger partial charge in [-0.2, -0.15) is 0 Å². The predicted octanol–water partition coefficient (Wildman–Crippen LogP) is -0.587. The highest BCUT2D eigenvalue weighted by atomic mass is 16.5. The van der Waals surface area contributed by atoms with Crippen LogP contribution in [0.1, 0.15) is 22.8 Å². The molecule has 8 heteroatoms. The minimum absolute atomic E-state index is 0.0575. The minimum atomic E-state index is -1.41. The molecule has 20 heavy (non-hydrogen) atoms. The lowest BCUT2D eigenvalue weighted by atomic mass is 9.72. The number of carboxylic acids is 1. The number of carbonyl (C=O) groups is 3. The summed E-state index contributed by atoms with van der Waals surface area (Å²) in [5.41, 5.74) is 0.488. The van der Waals surface area contributed by atoms with Crippen molar-refractivity contribution in [2.45, 2.75) is 19.3 Å². The van der Waals surface area contributed by atoms with Gasteiger partial charge >= 0.3 is 13.1 Å². The highest BCUT2D eigenvalue weighted by Crippen LogP contribution is 2.29. The van der Waals surface area contributed by atoms with Gasteiger partial charge in [-0.15, -0.1) is 0 Å². The number of hydrogen-bond donors (Lipinski definition) is 3. The second-order valence-corrected chi connectivity index (χ2v) is 4.45. The molecule has 104 valence electrons. The van der Waals surface area contributed by atoms with Crippen LogP contribution in [0.15, 0.2) is 18.2 Å². The van der Waals surface area contributed by atoms with Crippen LogP contribution in [0.3, 0.4) is 0 Å². The van der Waals surface area contributed by atoms with E-state index in [9.17, 15) is 19.4 Å². The SMILES string of the molecule is CC(=O)C(=O)N[C@H]1Cc2cccc(C(=O)O)c2OB1O. The molecule has 0 aromatic heterocycles. The molecule has 1 heterocycles. The summed E-state index contributed by atoms with van der Waals surface area (Å²) in [5.74, 6) is -3.39. The standard InChI is InChI=1S/C12H12BNO6/c1-6(15)11(16)14-9-5-7-3-2-4-8(12(17)18)10(7)20-13(9)19/h2-4,9,19H,5H2,1H3,(H,14,16)(H,17,18)/t9-/m0/s1. The van der Waals surface area contributed by atoms with Gasteiger partial charge in [-0.05, 0) is 18.1 Å². The molecule has 1 aromatic rings. The Morgan fingerprint density at radius 3 is 2.70 bits per heavy atom. The van der Waals surface area contributed by atoms with Gasteiger partial charge in [-0.25, -0.2) is 4.79 Å². The number of hydrogen-bond acceptors (Lipinski definition) is 5. The number of ketones is 1. The number of fused-ring (bicyclic) bond motifs is 1. The number of aromatic carboxylic acids is 1. The summed E-state index contributed by atoms with van der Waals surface area (Å²) in [7, 11) is -1.41. The molecule has 0 saturated heterocycles. The molecule has 2 rings (SSSR count). The fourth-order valence-electron chi connectivity index (χ4n) is 1.99. The van der Waals surface area contributed by atoms with E-state index >= 15 is 0 Å². The summed E-state index contributed by atoms with van der Waals surface area (Å²) in [6.07, 6.45) is 0.177. The molecule has 0 spiro atoms. The smallest absolute Gasteiger partial charge is 0.534 e. The van der Waals surface area contributed by atoms with E-state index in [1.807, 2.05) is 0 Å². The molecule has 1 amide bonds. The van der Waals surface area contributed by atoms with Crippen LogP contribution in [-0.4, -0.2) is 40.8 Å². The number of rotatable bonds is 3. The second kappa shape index (κ2) is 5.34. The fourth-order valence-corrected chi connectivity index (χ4v) is 1.99. The first-order valence-electron chi connectivity index (χ1n) is 5.91. The first-order valence-corrected chi connectivity index (χ1v) is 5.91. The Labute approximate surface area is 114 Å². The van der Waals surface area contributed by atoms with Gasteiger partial charge < -0.3 is 20.1 Å². The van der Waals surface area contributed by atoms with Gasteiger partial charge in [0.05, 0.1) is 11.5 Å². The van der Waals surface area contributed by atoms with Gasteiger partial charge in [0.15, 0.2) is 0 Å². The molecule has 0 radical (unpaired) electrons. The van der Waals surface area contributed by atoms with Crippen molar-refractivity contribution in [1.82, 2.24) is 5.32 Å². The van der Waals surface area contributed by atoms with Gasteiger partial charge in [-0.3, -0.25) is 9.59 Å². The molecule has 0 saturated carbocycles. The van der Waals surface area contributed by atoms with Crippen molar-refractivity contribution >= 4 is 24.8 Å². The van der Waals surface area contributed by atoms with Crippen LogP contribution in [0.2, 0.25) is 0 Å². The van der Waals surface area contributed by atoms with Crippen molar-refractivity contribution in [3.05, 3.63) is 29.3 Å². The zero-order valence-corrected chi connectivity index (χ0v) is 10.6. The summed E-state index contributed by atoms with van der Waals surface area (Å²) in [6.45, 7) is 1.11. The molecular weight excluding hydrogens is 265 g/mol. The lowest BCUT2D eigenvalue weighted by Gasteiger charge is -2.28. The van der Waals surface area contributed by atoms with E-state index in [1.165, 1.54) is 6.07 Å². The third-order valence-electron chi connectivity index (χ3n) is 2.99. The van der Waals surface area contributed by atoms with Crippen LogP contribution < -0.4 is 9.97 Å². The molecule has 0 bridgehead atoms. The van der Waals surface area contributed by atoms with Crippen molar-refractivity contribution in [3.63, 3.8) is 0 Å². The molecule has 0 fully saturated rings. The molecular formula is C12H12BNO6. The number of amides is 1. The number of carbonyl (C=O) groups excluding carboxylic acids is 2. The number of Topliss-reactive ketones (excluding diaryl/α,β-unsaturated/α-hetero) is 1. The fraction of sp³-hybridized carbons (Fsp3) is 0.250. The van der Waals surface area contributed by atoms with Crippen molar-refractivity contribution in [2.24, 2.45) is 0 Å². The number of carboxylic acid groups (broad SMARTS) is 1. The minimum Gasteiger partial charge on any atom is -0.534 e. The molecule has 1 atom stereocenters. The van der Waals surface area contributed by atoms with Crippen molar-refractivity contribution in [1.29, 1.82) is 0 Å². The average Bonchev–Trinajstić information content (AvgIpc) is 2.38. The molecule has 0 unspecified atom stereocenters. The Morgan fingerprint density at radius 2 is 2.10 bits per heavy atom. The van der Waals surface area contributed by atoms with Gasteiger partial charge in [0.2, 0.25) is 5.78 Å². The lowest BCUT2D eigenvalue weighted by molar-refractivity contribution is -0.136. The average molecular weight is 277 g/mol. The lowest BCUT2D eigenvalue weighted by Crippen LogP contribution is -2.54. The Kier molecular flexibility index (Phi) is 3.76. The highest BCUT2D eigenvalue weighted by Gasteiger charge is 2.38. The molecule has 1 aromatic carbocycles. The quantitative estimate of drug-likeness (QED) is 0.503. The summed E-state index contributed by atoms with van der Waals surface area (Å²) in [5, 5.41) is 21.2. The van der Waals surface area contributed by atoms with Crippen LogP contribution in [-0.2, 0) is 16.0 Å². The van der Waals surface area contributed by atoms with Crippen LogP contribution in [0, 0.1) is 0 Å². The summed E-state index contributed by atoms with van der Waals surface area (Å²) in [4.78, 5) is 33.3. The van der Waals surface area contributed by atoms with E-state index in [0.717, 1.165) is 6.92 Å². The van der Waals surface area contributed by atoms with Crippen LogP contribution in [0.4, 0.5) is 0 Å². The molecule has 7 nitrogen and oxygen atoms in total. The molecule has 0 aliphatic carbocycles. The summed E-state index contributed by atoms with van der Waals surface area (Å²) >= 11 is 0. The third-order valence-corrected chi connectivity index (χ3v) is 2.99. The van der Waals surface area contributed by atoms with E-state index in [2.05, 4.69) is 5.32 Å². The number of para-hydroxylation sites is 1. The topological polar surface area (TPSA) is 113 Å². The Bertz CT molecular complexity index is 587. The highest BCUT2D eigenvalue weighted by molar-refractivity contribution is 6.48. The molecule has 3 N–H and O–H groups in total. The maximum absolute atomic E-state index is 11.3. The second-order valence-electron chi connectivity index (χ2n) is 4.45. The first kappa shape index (κ1) is 14.1. The molecule has 1 aliphatic heterocycles. The zero-order valence-electron chi connectivity index (χ0n) is 10.6. The van der Waals surface area contributed by atoms with E-state index < -0.39 is 30.7 Å². The number of benzene rings is 1. The predicted molar refractivity (Wildman–Crippen MR) is 68.3 cm³/mol. The Balaban J connectivity index is 2.26. The summed E-state index contributed by atoms with van der Waals surface area (Å²) in [6, 6.07) is 4.55. The van der Waals surface area contributed by atoms with Crippen LogP contribution >= 0.6 is 0 Å². The van der Waals surface area contributed by atoms with Crippen LogP contribution in [0.25, 0.3) is 0 Å². The Morgan fingerprint density at radius 1 is 1.40 bits per heavy atom. The van der Waals surface area contributed by atoms with Gasteiger partial charge in [0, 0.05) is 6.92 Å². The maximum Gasteiger partial charge on any atom is 0.547 e. The first-order chi connectivity index (χ1) is 9.40. The van der Waals surface area contributed by atoms with E-state index in [1.54, 1.807) is 12.1 Å². The van der Waals surface area contributed by atoms with Crippen molar-refractivity contribution in [2.75, 3.05) is 0 Å². The largest absolute Gasteiger partial charge is 0.547 e. The van der Waals surface area contributed by atoms with E-state index in [4.69, 9.17) is 9.76 Å². The van der Waals surface area contributed by atoms with Crippen LogP contribution in [0.5, 0.6) is 5.75 Å². The monoisotopic (exact) mass is 277 g/mol. The zero-order chi connectivity index (χ0) is 14.9. The normalized spacial score (nSPS) is 16.9. The van der Waals surface area contributed by atoms with Crippen molar-refractivity contribution < 1.29 is 29.2 Å². The number of nitrogens with one attached hydrogen (secondary N) is 1. The third kappa shape index (κ3) is 2.64. The van der Waals surface area contributed by atoms with E-state index in [0.29, 0.717) is 5.56 Å². The van der Waals surface area contributed by atoms with Gasteiger partial charge in [0.1, 0.15) is 5.75 Å². The van der Waals surface area contributed by atoms with Gasteiger partial charge in [0.25, 0.3) is 5.91 Å².